The molecule has 1 unspecified atom stereocenters. The second kappa shape index (κ2) is 10.9. The number of allylic oxidation sites excluding steroid dienone is 2. The van der Waals surface area contributed by atoms with E-state index in [0.29, 0.717) is 12.0 Å². The summed E-state index contributed by atoms with van der Waals surface area (Å²) in [5.41, 5.74) is 5.05. The molecule has 1 saturated heterocycles. The minimum atomic E-state index is -0.240. The molecule has 1 fully saturated rings. The van der Waals surface area contributed by atoms with Crippen molar-refractivity contribution in [2.24, 2.45) is 0 Å². The van der Waals surface area contributed by atoms with Gasteiger partial charge in [-0.15, -0.1) is 0 Å². The van der Waals surface area contributed by atoms with Crippen molar-refractivity contribution in [3.8, 4) is 0 Å². The number of thiazole rings is 1. The summed E-state index contributed by atoms with van der Waals surface area (Å²) in [4.78, 5) is 33.9. The molecule has 0 bridgehead atoms. The van der Waals surface area contributed by atoms with Crippen molar-refractivity contribution in [1.29, 1.82) is 0 Å². The van der Waals surface area contributed by atoms with Crippen LogP contribution in [0.25, 0.3) is 10.3 Å². The van der Waals surface area contributed by atoms with Gasteiger partial charge in [0.2, 0.25) is 0 Å². The summed E-state index contributed by atoms with van der Waals surface area (Å²) in [6.07, 6.45) is 8.03. The molecular weight excluding hydrogens is 464 g/mol. The Labute approximate surface area is 207 Å². The number of amides is 1. The lowest BCUT2D eigenvalue weighted by atomic mass is 10.00. The zero-order valence-corrected chi connectivity index (χ0v) is 20.3. The minimum Gasteiger partial charge on any atom is -0.363 e. The van der Waals surface area contributed by atoms with Gasteiger partial charge in [0, 0.05) is 50.9 Å². The van der Waals surface area contributed by atoms with Crippen LogP contribution in [0.5, 0.6) is 0 Å². The lowest BCUT2D eigenvalue weighted by Gasteiger charge is -2.27. The van der Waals surface area contributed by atoms with E-state index in [0.717, 1.165) is 59.8 Å². The molecule has 1 aliphatic carbocycles. The highest BCUT2D eigenvalue weighted by atomic mass is 32.1. The van der Waals surface area contributed by atoms with Gasteiger partial charge in [-0.2, -0.15) is 0 Å². The molecule has 0 aromatic carbocycles. The van der Waals surface area contributed by atoms with Crippen molar-refractivity contribution in [3.05, 3.63) is 59.8 Å². The van der Waals surface area contributed by atoms with Gasteiger partial charge in [0.1, 0.15) is 22.0 Å². The summed E-state index contributed by atoms with van der Waals surface area (Å²) >= 11 is 1.48. The Kier molecular flexibility index (Phi) is 7.28. The van der Waals surface area contributed by atoms with E-state index in [1.807, 2.05) is 30.5 Å². The fourth-order valence-electron chi connectivity index (χ4n) is 4.12. The highest BCUT2D eigenvalue weighted by Crippen LogP contribution is 2.28. The van der Waals surface area contributed by atoms with Crippen LogP contribution in [0.1, 0.15) is 12.0 Å². The monoisotopic (exact) mass is 492 g/mol. The minimum absolute atomic E-state index is 0.0457. The number of rotatable bonds is 8. The molecule has 4 heterocycles. The van der Waals surface area contributed by atoms with Gasteiger partial charge in [0.05, 0.1) is 13.2 Å². The van der Waals surface area contributed by atoms with Crippen LogP contribution in [0.15, 0.2) is 54.3 Å². The molecule has 1 atom stereocenters. The summed E-state index contributed by atoms with van der Waals surface area (Å²) in [6.45, 7) is 5.09. The van der Waals surface area contributed by atoms with Crippen LogP contribution in [-0.4, -0.2) is 65.1 Å². The van der Waals surface area contributed by atoms with Gasteiger partial charge in [-0.1, -0.05) is 29.6 Å². The van der Waals surface area contributed by atoms with Gasteiger partial charge in [-0.05, 0) is 29.8 Å². The van der Waals surface area contributed by atoms with E-state index in [1.54, 1.807) is 6.08 Å². The summed E-state index contributed by atoms with van der Waals surface area (Å²) in [7, 11) is 1.42. The molecule has 0 spiro atoms. The fraction of sp³-hybridized carbons (Fsp3) is 0.333. The van der Waals surface area contributed by atoms with Crippen molar-refractivity contribution < 1.29 is 9.63 Å². The fourth-order valence-corrected chi connectivity index (χ4v) is 4.97. The highest BCUT2D eigenvalue weighted by molar-refractivity contribution is 7.21. The smallest absolute Gasteiger partial charge is 0.270 e. The predicted molar refractivity (Wildman–Crippen MR) is 137 cm³/mol. The van der Waals surface area contributed by atoms with Crippen molar-refractivity contribution in [2.45, 2.75) is 19.0 Å². The summed E-state index contributed by atoms with van der Waals surface area (Å²) < 4.78 is 0. The van der Waals surface area contributed by atoms with Gasteiger partial charge >= 0.3 is 0 Å². The first kappa shape index (κ1) is 23.4. The number of hydrogen-bond acceptors (Lipinski definition) is 10. The van der Waals surface area contributed by atoms with E-state index >= 15 is 0 Å². The Morgan fingerprint density at radius 2 is 2.11 bits per heavy atom. The Balaban J connectivity index is 1.23. The third-order valence-corrected chi connectivity index (χ3v) is 6.71. The summed E-state index contributed by atoms with van der Waals surface area (Å²) in [6, 6.07) is 7.94. The van der Waals surface area contributed by atoms with E-state index in [4.69, 9.17) is 9.82 Å². The summed E-state index contributed by atoms with van der Waals surface area (Å²) in [5, 5.41) is 10.8. The maximum Gasteiger partial charge on any atom is 0.270 e. The number of piperazine rings is 1. The molecule has 1 aliphatic heterocycles. The number of anilines is 3. The average molecular weight is 493 g/mol. The van der Waals surface area contributed by atoms with Crippen molar-refractivity contribution in [1.82, 2.24) is 30.6 Å². The van der Waals surface area contributed by atoms with Crippen LogP contribution in [0.4, 0.5) is 16.8 Å². The van der Waals surface area contributed by atoms with Crippen LogP contribution in [0.3, 0.4) is 0 Å². The second-order valence-electron chi connectivity index (χ2n) is 8.41. The highest BCUT2D eigenvalue weighted by Gasteiger charge is 2.18. The van der Waals surface area contributed by atoms with Crippen molar-refractivity contribution in [3.63, 3.8) is 0 Å². The number of fused-ring (bicyclic) bond motifs is 1. The SMILES string of the molecule is CONC(=O)C1=CC=CC(Nc2ccc3nc(Nc4cc(CN5CCNCC5)ccn4)sc3n2)C1. The molecule has 4 N–H and O–H groups in total. The number of hydrogen-bond donors (Lipinski definition) is 4. The molecule has 5 rings (SSSR count). The first-order chi connectivity index (χ1) is 17.2. The molecule has 182 valence electrons. The number of nitrogens with zero attached hydrogens (tertiary/aromatic N) is 4. The van der Waals surface area contributed by atoms with Gasteiger partial charge in [-0.25, -0.2) is 20.4 Å². The first-order valence-electron chi connectivity index (χ1n) is 11.6. The Bertz CT molecular complexity index is 1250. The third kappa shape index (κ3) is 6.01. The molecule has 3 aromatic heterocycles. The molecule has 3 aromatic rings. The number of carbonyl (C=O) groups is 1. The van der Waals surface area contributed by atoms with Gasteiger partial charge < -0.3 is 16.0 Å². The maximum atomic E-state index is 12.0. The molecule has 2 aliphatic rings. The zero-order valence-electron chi connectivity index (χ0n) is 19.5. The van der Waals surface area contributed by atoms with Crippen LogP contribution in [-0.2, 0) is 16.2 Å². The Morgan fingerprint density at radius 3 is 2.97 bits per heavy atom. The van der Waals surface area contributed by atoms with Crippen molar-refractivity contribution in [2.75, 3.05) is 43.9 Å². The van der Waals surface area contributed by atoms with Gasteiger partial charge in [0.25, 0.3) is 5.91 Å². The molecule has 35 heavy (non-hydrogen) atoms. The third-order valence-electron chi connectivity index (χ3n) is 5.83. The number of hydroxylamine groups is 1. The molecule has 0 saturated carbocycles. The van der Waals surface area contributed by atoms with E-state index in [-0.39, 0.29) is 11.9 Å². The number of nitrogens with one attached hydrogen (secondary N) is 4. The van der Waals surface area contributed by atoms with Crippen LogP contribution < -0.4 is 21.4 Å². The molecule has 10 nitrogen and oxygen atoms in total. The Hall–Kier alpha value is -3.38. The van der Waals surface area contributed by atoms with Crippen LogP contribution >= 0.6 is 11.3 Å². The van der Waals surface area contributed by atoms with E-state index < -0.39 is 0 Å². The lowest BCUT2D eigenvalue weighted by molar-refractivity contribution is -0.127. The Morgan fingerprint density at radius 1 is 1.23 bits per heavy atom. The van der Waals surface area contributed by atoms with E-state index in [2.05, 4.69) is 48.4 Å². The number of carbonyl (C=O) groups excluding carboxylic acids is 1. The molecule has 1 amide bonds. The van der Waals surface area contributed by atoms with Crippen LogP contribution in [0.2, 0.25) is 0 Å². The van der Waals surface area contributed by atoms with Gasteiger partial charge in [0.15, 0.2) is 5.13 Å². The maximum absolute atomic E-state index is 12.0. The number of pyridine rings is 2. The van der Waals surface area contributed by atoms with Gasteiger partial charge in [-0.3, -0.25) is 14.5 Å². The first-order valence-corrected chi connectivity index (χ1v) is 12.4. The lowest BCUT2D eigenvalue weighted by Crippen LogP contribution is -2.42. The molecule has 11 heteroatoms. The van der Waals surface area contributed by atoms with E-state index in [1.165, 1.54) is 24.0 Å². The topological polar surface area (TPSA) is 116 Å². The quantitative estimate of drug-likeness (QED) is 0.352. The number of aromatic nitrogens is 3. The van der Waals surface area contributed by atoms with Crippen molar-refractivity contribution >= 4 is 44.4 Å². The normalized spacial score (nSPS) is 18.3. The standard InChI is InChI=1S/C24H28N8O2S/c1-34-31-22(33)17-3-2-4-18(14-17)27-20-6-5-19-23(29-20)35-24(28-19)30-21-13-16(7-8-26-21)15-32-11-9-25-10-12-32/h2-8,13,18,25H,9-12,14-15H2,1H3,(H,27,29)(H,31,33)(H,26,28,30). The van der Waals surface area contributed by atoms with E-state index in [9.17, 15) is 4.79 Å². The second-order valence-corrected chi connectivity index (χ2v) is 9.38. The largest absolute Gasteiger partial charge is 0.363 e. The van der Waals surface area contributed by atoms with Crippen LogP contribution in [0, 0.1) is 0 Å². The molecular formula is C24H28N8O2S. The molecule has 0 radical (unpaired) electrons. The summed E-state index contributed by atoms with van der Waals surface area (Å²) in [5.74, 6) is 1.26. The average Bonchev–Trinajstić information content (AvgIpc) is 3.27. The zero-order chi connectivity index (χ0) is 24.0. The predicted octanol–water partition coefficient (Wildman–Crippen LogP) is 2.58.